The normalized spacial score (nSPS) is 12.3. The van der Waals surface area contributed by atoms with Crippen LogP contribution in [0.1, 0.15) is 107 Å². The summed E-state index contributed by atoms with van der Waals surface area (Å²) in [6.45, 7) is 1.61. The highest BCUT2D eigenvalue weighted by Gasteiger charge is 2.12. The fourth-order valence-electron chi connectivity index (χ4n) is 3.93. The third-order valence-corrected chi connectivity index (χ3v) is 5.90. The molecule has 6 nitrogen and oxygen atoms in total. The first kappa shape index (κ1) is 26.3. The van der Waals surface area contributed by atoms with Crippen molar-refractivity contribution in [3.05, 3.63) is 29.6 Å². The summed E-state index contributed by atoms with van der Waals surface area (Å²) in [5, 5.41) is 18.1. The summed E-state index contributed by atoms with van der Waals surface area (Å²) in [5.41, 5.74) is 2.05. The van der Waals surface area contributed by atoms with E-state index in [4.69, 9.17) is 9.84 Å². The maximum atomic E-state index is 12.1. The topological polar surface area (TPSA) is 95.4 Å². The number of hydrogen-bond donors (Lipinski definition) is 3. The van der Waals surface area contributed by atoms with Crippen molar-refractivity contribution >= 4 is 17.0 Å². The number of nitrogens with zero attached hydrogens (tertiary/aromatic N) is 1. The van der Waals surface area contributed by atoms with E-state index >= 15 is 0 Å². The van der Waals surface area contributed by atoms with Gasteiger partial charge < -0.3 is 19.9 Å². The second-order valence-electron chi connectivity index (χ2n) is 8.84. The highest BCUT2D eigenvalue weighted by molar-refractivity contribution is 5.93. The van der Waals surface area contributed by atoms with Crippen LogP contribution in [0.5, 0.6) is 0 Å². The number of benzene rings is 1. The summed E-state index contributed by atoms with van der Waals surface area (Å²) in [6, 6.07) is 5.20. The first-order chi connectivity index (χ1) is 15.6. The average molecular weight is 447 g/mol. The predicted molar refractivity (Wildman–Crippen MR) is 129 cm³/mol. The van der Waals surface area contributed by atoms with Gasteiger partial charge >= 0.3 is 5.97 Å². The molecule has 0 bridgehead atoms. The second-order valence-corrected chi connectivity index (χ2v) is 8.84. The minimum absolute atomic E-state index is 0.222. The molecule has 0 aliphatic heterocycles. The van der Waals surface area contributed by atoms with Crippen LogP contribution < -0.4 is 0 Å². The zero-order valence-electron chi connectivity index (χ0n) is 19.8. The van der Waals surface area contributed by atoms with Crippen LogP contribution in [0, 0.1) is 0 Å². The quantitative estimate of drug-likeness (QED) is 0.201. The number of aliphatic hydroxyl groups is 2. The number of aromatic amines is 1. The zero-order valence-corrected chi connectivity index (χ0v) is 19.8. The van der Waals surface area contributed by atoms with Crippen LogP contribution in [0.2, 0.25) is 0 Å². The smallest absolute Gasteiger partial charge is 0.338 e. The molecule has 0 aliphatic carbocycles. The lowest BCUT2D eigenvalue weighted by Gasteiger charge is -2.08. The molecule has 0 amide bonds. The molecule has 0 spiro atoms. The summed E-state index contributed by atoms with van der Waals surface area (Å²) >= 11 is 0. The highest BCUT2D eigenvalue weighted by atomic mass is 16.5. The molecule has 3 N–H and O–H groups in total. The van der Waals surface area contributed by atoms with Gasteiger partial charge in [-0.2, -0.15) is 0 Å². The van der Waals surface area contributed by atoms with E-state index in [2.05, 4.69) is 16.9 Å². The molecular formula is C26H42N2O4. The lowest BCUT2D eigenvalue weighted by molar-refractivity contribution is 0.00934. The lowest BCUT2D eigenvalue weighted by atomic mass is 10.0. The Balaban J connectivity index is 1.58. The van der Waals surface area contributed by atoms with E-state index in [1.165, 1.54) is 77.0 Å². The summed E-state index contributed by atoms with van der Waals surface area (Å²) in [5.74, 6) is 0.427. The van der Waals surface area contributed by atoms with Crippen LogP contribution in [0.15, 0.2) is 18.2 Å². The van der Waals surface area contributed by atoms with Crippen molar-refractivity contribution in [1.29, 1.82) is 0 Å². The Morgan fingerprint density at radius 2 is 1.56 bits per heavy atom. The number of rotatable bonds is 18. The number of esters is 1. The van der Waals surface area contributed by atoms with Crippen molar-refractivity contribution in [2.45, 2.75) is 103 Å². The SMILES string of the molecule is CCCCCCCCCCCCCCCc1nc2ccc(C(=O)OCC(O)CO)cc2[nH]1. The number of imidazole rings is 1. The van der Waals surface area contributed by atoms with Crippen LogP contribution in [-0.4, -0.2) is 45.5 Å². The van der Waals surface area contributed by atoms with E-state index < -0.39 is 18.7 Å². The zero-order chi connectivity index (χ0) is 23.0. The van der Waals surface area contributed by atoms with E-state index in [1.807, 2.05) is 0 Å². The molecule has 180 valence electrons. The molecule has 0 aliphatic rings. The first-order valence-corrected chi connectivity index (χ1v) is 12.6. The number of aliphatic hydroxyl groups excluding tert-OH is 2. The monoisotopic (exact) mass is 446 g/mol. The number of ether oxygens (including phenoxy) is 1. The number of nitrogens with one attached hydrogen (secondary N) is 1. The molecule has 32 heavy (non-hydrogen) atoms. The van der Waals surface area contributed by atoms with Crippen LogP contribution in [-0.2, 0) is 11.2 Å². The number of fused-ring (bicyclic) bond motifs is 1. The number of H-pyrrole nitrogens is 1. The molecule has 0 saturated heterocycles. The summed E-state index contributed by atoms with van der Waals surface area (Å²) in [7, 11) is 0. The molecule has 2 rings (SSSR count). The van der Waals surface area contributed by atoms with E-state index in [1.54, 1.807) is 18.2 Å². The fraction of sp³-hybridized carbons (Fsp3) is 0.692. The van der Waals surface area contributed by atoms with Gasteiger partial charge in [-0.05, 0) is 24.6 Å². The van der Waals surface area contributed by atoms with Crippen LogP contribution in [0.4, 0.5) is 0 Å². The number of carbonyl (C=O) groups excluding carboxylic acids is 1. The van der Waals surface area contributed by atoms with E-state index in [0.29, 0.717) is 5.56 Å². The number of aromatic nitrogens is 2. The van der Waals surface area contributed by atoms with Crippen molar-refractivity contribution in [3.8, 4) is 0 Å². The van der Waals surface area contributed by atoms with Crippen molar-refractivity contribution in [1.82, 2.24) is 9.97 Å². The molecule has 6 heteroatoms. The predicted octanol–water partition coefficient (Wildman–Crippen LogP) is 5.71. The van der Waals surface area contributed by atoms with Crippen molar-refractivity contribution in [2.24, 2.45) is 0 Å². The third-order valence-electron chi connectivity index (χ3n) is 5.90. The van der Waals surface area contributed by atoms with Gasteiger partial charge in [-0.3, -0.25) is 0 Å². The largest absolute Gasteiger partial charge is 0.459 e. The molecule has 1 aromatic carbocycles. The summed E-state index contributed by atoms with van der Waals surface area (Å²) in [6.07, 6.45) is 17.3. The molecule has 0 radical (unpaired) electrons. The molecule has 0 fully saturated rings. The van der Waals surface area contributed by atoms with Crippen molar-refractivity contribution in [2.75, 3.05) is 13.2 Å². The molecule has 1 heterocycles. The Labute approximate surface area is 192 Å². The summed E-state index contributed by atoms with van der Waals surface area (Å²) in [4.78, 5) is 20.0. The van der Waals surface area contributed by atoms with Gasteiger partial charge in [-0.1, -0.05) is 84.0 Å². The van der Waals surface area contributed by atoms with Crippen LogP contribution in [0.25, 0.3) is 11.0 Å². The second kappa shape index (κ2) is 15.8. The van der Waals surface area contributed by atoms with Gasteiger partial charge in [0.25, 0.3) is 0 Å². The first-order valence-electron chi connectivity index (χ1n) is 12.6. The van der Waals surface area contributed by atoms with E-state index in [0.717, 1.165) is 29.7 Å². The lowest BCUT2D eigenvalue weighted by Crippen LogP contribution is -2.21. The van der Waals surface area contributed by atoms with E-state index in [-0.39, 0.29) is 6.61 Å². The Bertz CT molecular complexity index is 774. The Morgan fingerprint density at radius 3 is 2.16 bits per heavy atom. The molecular weight excluding hydrogens is 404 g/mol. The van der Waals surface area contributed by atoms with Gasteiger partial charge in [0.15, 0.2) is 0 Å². The number of aryl methyl sites for hydroxylation is 1. The van der Waals surface area contributed by atoms with Crippen LogP contribution in [0.3, 0.4) is 0 Å². The van der Waals surface area contributed by atoms with E-state index in [9.17, 15) is 9.90 Å². The van der Waals surface area contributed by atoms with Gasteiger partial charge in [0.2, 0.25) is 0 Å². The Kier molecular flexibility index (Phi) is 13.0. The number of hydrogen-bond acceptors (Lipinski definition) is 5. The van der Waals surface area contributed by atoms with Gasteiger partial charge in [0.1, 0.15) is 18.5 Å². The van der Waals surface area contributed by atoms with Crippen molar-refractivity contribution < 1.29 is 19.7 Å². The average Bonchev–Trinajstić information content (AvgIpc) is 3.22. The Hall–Kier alpha value is -1.92. The molecule has 1 atom stereocenters. The van der Waals surface area contributed by atoms with Gasteiger partial charge in [-0.25, -0.2) is 9.78 Å². The van der Waals surface area contributed by atoms with Crippen molar-refractivity contribution in [3.63, 3.8) is 0 Å². The molecule has 1 unspecified atom stereocenters. The minimum Gasteiger partial charge on any atom is -0.459 e. The highest BCUT2D eigenvalue weighted by Crippen LogP contribution is 2.17. The maximum Gasteiger partial charge on any atom is 0.338 e. The standard InChI is InChI=1S/C26H42N2O4/c1-2-3-4-5-6-7-8-9-10-11-12-13-14-15-25-27-23-17-16-21(18-24(23)28-25)26(31)32-20-22(30)19-29/h16-18,22,29-30H,2-15,19-20H2,1H3,(H,27,28). The molecule has 2 aromatic rings. The number of unbranched alkanes of at least 4 members (excludes halogenated alkanes) is 12. The maximum absolute atomic E-state index is 12.1. The number of carbonyl (C=O) groups is 1. The van der Waals surface area contributed by atoms with Gasteiger partial charge in [0.05, 0.1) is 23.2 Å². The third kappa shape index (κ3) is 10.1. The van der Waals surface area contributed by atoms with Gasteiger partial charge in [0, 0.05) is 6.42 Å². The fourth-order valence-corrected chi connectivity index (χ4v) is 3.93. The molecule has 1 aromatic heterocycles. The van der Waals surface area contributed by atoms with Crippen LogP contribution >= 0.6 is 0 Å². The van der Waals surface area contributed by atoms with Gasteiger partial charge in [-0.15, -0.1) is 0 Å². The molecule has 0 saturated carbocycles. The minimum atomic E-state index is -1.05. The summed E-state index contributed by atoms with van der Waals surface area (Å²) < 4.78 is 5.01. The Morgan fingerprint density at radius 1 is 0.969 bits per heavy atom.